The second-order valence-electron chi connectivity index (χ2n) is 5.65. The van der Waals surface area contributed by atoms with Gasteiger partial charge in [-0.25, -0.2) is 0 Å². The van der Waals surface area contributed by atoms with Crippen molar-refractivity contribution in [3.05, 3.63) is 62.5 Å². The number of aryl methyl sites for hydroxylation is 1. The Hall–Kier alpha value is -0.227. The summed E-state index contributed by atoms with van der Waals surface area (Å²) in [6.07, 6.45) is 13.0. The molecule has 0 aliphatic heterocycles. The summed E-state index contributed by atoms with van der Waals surface area (Å²) < 4.78 is 4.18. The second kappa shape index (κ2) is 7.86. The van der Waals surface area contributed by atoms with Gasteiger partial charge in [0.15, 0.2) is 0 Å². The van der Waals surface area contributed by atoms with Gasteiger partial charge in [-0.2, -0.15) is 0 Å². The average molecular weight is 398 g/mol. The SMILES string of the molecule is C[C](C)=[Zr+2]([C]1=CC=CC1)[CH]1C=Cc2c(C)cccc21.[Cl-].[Cl-]. The molecule has 3 heteroatoms. The number of halogens is 2. The molecule has 0 N–H and O–H groups in total. The number of rotatable bonds is 2. The third-order valence-corrected chi connectivity index (χ3v) is 12.1. The van der Waals surface area contributed by atoms with E-state index in [0.717, 1.165) is 0 Å². The zero-order valence-electron chi connectivity index (χ0n) is 12.7. The molecule has 1 atom stereocenters. The second-order valence-corrected chi connectivity index (χ2v) is 13.3. The zero-order valence-corrected chi connectivity index (χ0v) is 16.6. The molecule has 0 bridgehead atoms. The molecule has 2 aliphatic rings. The molecular weight excluding hydrogens is 378 g/mol. The first kappa shape index (κ1) is 18.8. The van der Waals surface area contributed by atoms with Crippen molar-refractivity contribution in [1.29, 1.82) is 0 Å². The molecule has 0 saturated carbocycles. The van der Waals surface area contributed by atoms with Gasteiger partial charge in [0.1, 0.15) is 0 Å². The van der Waals surface area contributed by atoms with Crippen LogP contribution < -0.4 is 24.8 Å². The van der Waals surface area contributed by atoms with Crippen LogP contribution in [0.3, 0.4) is 0 Å². The number of fused-ring (bicyclic) bond motifs is 1. The van der Waals surface area contributed by atoms with Crippen molar-refractivity contribution in [2.75, 3.05) is 0 Å². The van der Waals surface area contributed by atoms with Crippen molar-refractivity contribution >= 4 is 9.28 Å². The van der Waals surface area contributed by atoms with E-state index in [1.54, 1.807) is 12.1 Å². The quantitative estimate of drug-likeness (QED) is 0.584. The predicted octanol–water partition coefficient (Wildman–Crippen LogP) is -1.25. The molecule has 21 heavy (non-hydrogen) atoms. The van der Waals surface area contributed by atoms with Crippen molar-refractivity contribution in [2.45, 2.75) is 30.8 Å². The Morgan fingerprint density at radius 1 is 1.19 bits per heavy atom. The molecule has 0 radical (unpaired) electrons. The molecule has 0 nitrogen and oxygen atoms in total. The van der Waals surface area contributed by atoms with E-state index in [-0.39, 0.29) is 24.8 Å². The number of hydrogen-bond donors (Lipinski definition) is 0. The first-order chi connectivity index (χ1) is 9.18. The number of hydrogen-bond acceptors (Lipinski definition) is 0. The van der Waals surface area contributed by atoms with Crippen molar-refractivity contribution in [3.63, 3.8) is 0 Å². The van der Waals surface area contributed by atoms with Crippen LogP contribution in [0.4, 0.5) is 0 Å². The summed E-state index contributed by atoms with van der Waals surface area (Å²) in [7, 11) is 0. The van der Waals surface area contributed by atoms with Gasteiger partial charge in [0.05, 0.1) is 0 Å². The fourth-order valence-electron chi connectivity index (χ4n) is 3.23. The first-order valence-corrected chi connectivity index (χ1v) is 10.9. The molecule has 0 heterocycles. The minimum atomic E-state index is -1.70. The third kappa shape index (κ3) is 3.58. The number of benzene rings is 1. The van der Waals surface area contributed by atoms with Gasteiger partial charge in [0.2, 0.25) is 0 Å². The van der Waals surface area contributed by atoms with Crippen molar-refractivity contribution < 1.29 is 46.1 Å². The molecule has 0 spiro atoms. The molecule has 1 aromatic rings. The minimum absolute atomic E-state index is 0. The van der Waals surface area contributed by atoms with E-state index in [4.69, 9.17) is 0 Å². The third-order valence-electron chi connectivity index (χ3n) is 4.12. The van der Waals surface area contributed by atoms with Crippen LogP contribution in [-0.2, 0) is 21.3 Å². The zero-order chi connectivity index (χ0) is 13.4. The van der Waals surface area contributed by atoms with Gasteiger partial charge >= 0.3 is 124 Å². The van der Waals surface area contributed by atoms with Crippen LogP contribution in [0.25, 0.3) is 6.08 Å². The van der Waals surface area contributed by atoms with E-state index in [2.05, 4.69) is 69.4 Å². The fourth-order valence-corrected chi connectivity index (χ4v) is 10.9. The Labute approximate surface area is 148 Å². The van der Waals surface area contributed by atoms with Gasteiger partial charge in [-0.05, 0) is 0 Å². The summed E-state index contributed by atoms with van der Waals surface area (Å²) in [4.78, 5) is 0. The normalized spacial score (nSPS) is 17.2. The standard InChI is InChI=1S/C10H9.C5H5.C3H6.2ClH.Zr/c1-8-4-2-5-9-6-3-7-10(8)9;1-2-4-5-3-1;1-3-2;;;/h2-7H,1H3;1-3H,4H2;1-2H3;2*1H;/q;;;;;+2/p-2. The van der Waals surface area contributed by atoms with Crippen LogP contribution >= 0.6 is 0 Å². The first-order valence-electron chi connectivity index (χ1n) is 6.99. The van der Waals surface area contributed by atoms with Crippen LogP contribution in [0.1, 0.15) is 40.6 Å². The summed E-state index contributed by atoms with van der Waals surface area (Å²) in [5.74, 6) is 0. The van der Waals surface area contributed by atoms with E-state index in [0.29, 0.717) is 3.63 Å². The van der Waals surface area contributed by atoms with E-state index < -0.39 is 21.3 Å². The summed E-state index contributed by atoms with van der Waals surface area (Å²) in [5, 5.41) is 0. The Kier molecular flexibility index (Phi) is 7.05. The molecule has 0 fully saturated rings. The molecule has 0 amide bonds. The van der Waals surface area contributed by atoms with Crippen molar-refractivity contribution in [1.82, 2.24) is 0 Å². The minimum Gasteiger partial charge on any atom is -1.00 e. The van der Waals surface area contributed by atoms with Gasteiger partial charge in [-0.1, -0.05) is 0 Å². The largest absolute Gasteiger partial charge is 1.00 e. The summed E-state index contributed by atoms with van der Waals surface area (Å²) in [6, 6.07) is 6.80. The van der Waals surface area contributed by atoms with Crippen molar-refractivity contribution in [3.8, 4) is 0 Å². The van der Waals surface area contributed by atoms with E-state index >= 15 is 0 Å². The molecular formula is C18H20Cl2Zr. The average Bonchev–Trinajstić information content (AvgIpc) is 3.01. The van der Waals surface area contributed by atoms with Crippen molar-refractivity contribution in [2.24, 2.45) is 0 Å². The Balaban J connectivity index is 0.00000110. The van der Waals surface area contributed by atoms with Crippen LogP contribution in [0, 0.1) is 6.92 Å². The maximum Gasteiger partial charge on any atom is -1.00 e. The van der Waals surface area contributed by atoms with E-state index in [1.807, 2.05) is 0 Å². The Morgan fingerprint density at radius 3 is 2.57 bits per heavy atom. The molecule has 0 saturated heterocycles. The van der Waals surface area contributed by atoms with Gasteiger partial charge < -0.3 is 24.8 Å². The van der Waals surface area contributed by atoms with Crippen LogP contribution in [0.5, 0.6) is 0 Å². The van der Waals surface area contributed by atoms with E-state index in [9.17, 15) is 0 Å². The fraction of sp³-hybridized carbons (Fsp3) is 0.278. The smallest absolute Gasteiger partial charge is 1.00 e. The maximum atomic E-state index is 2.48. The monoisotopic (exact) mass is 396 g/mol. The number of allylic oxidation sites excluding steroid dienone is 5. The summed E-state index contributed by atoms with van der Waals surface area (Å²) in [6.45, 7) is 6.94. The van der Waals surface area contributed by atoms with Gasteiger partial charge in [0, 0.05) is 0 Å². The summed E-state index contributed by atoms with van der Waals surface area (Å²) in [5.41, 5.74) is 4.49. The molecule has 1 unspecified atom stereocenters. The summed E-state index contributed by atoms with van der Waals surface area (Å²) >= 11 is -1.70. The van der Waals surface area contributed by atoms with Gasteiger partial charge in [-0.15, -0.1) is 0 Å². The molecule has 3 rings (SSSR count). The predicted molar refractivity (Wildman–Crippen MR) is 81.1 cm³/mol. The van der Waals surface area contributed by atoms with Gasteiger partial charge in [0.25, 0.3) is 0 Å². The van der Waals surface area contributed by atoms with Crippen LogP contribution in [0.2, 0.25) is 0 Å². The Morgan fingerprint density at radius 2 is 1.95 bits per heavy atom. The molecule has 2 aliphatic carbocycles. The maximum absolute atomic E-state index is 2.48. The van der Waals surface area contributed by atoms with E-state index in [1.165, 1.54) is 17.5 Å². The molecule has 1 aromatic carbocycles. The van der Waals surface area contributed by atoms with Gasteiger partial charge in [-0.3, -0.25) is 0 Å². The molecule has 110 valence electrons. The Bertz CT molecular complexity index is 647. The van der Waals surface area contributed by atoms with Crippen LogP contribution in [0.15, 0.2) is 45.8 Å². The topological polar surface area (TPSA) is 0 Å². The molecule has 0 aromatic heterocycles. The van der Waals surface area contributed by atoms with Crippen LogP contribution in [-0.4, -0.2) is 3.21 Å².